The number of carbonyl (C=O) groups excluding carboxylic acids is 8. The summed E-state index contributed by atoms with van der Waals surface area (Å²) in [4.78, 5) is 133. The van der Waals surface area contributed by atoms with Crippen LogP contribution in [0, 0.1) is 32.1 Å². The van der Waals surface area contributed by atoms with Crippen molar-refractivity contribution in [2.24, 2.45) is 0 Å². The average molecular weight is 2170 g/mol. The third-order valence-corrected chi connectivity index (χ3v) is 17.2. The normalized spacial score (nSPS) is 9.86. The quantitative estimate of drug-likeness (QED) is 0.0259. The first-order chi connectivity index (χ1) is 33.8. The molecule has 0 saturated carbocycles. The number of anilines is 3. The minimum atomic E-state index is -1.67. The maximum absolute atomic E-state index is 11.8. The van der Waals surface area contributed by atoms with E-state index in [9.17, 15) is 67.7 Å². The molecule has 0 aromatic heterocycles. The second-order valence-electron chi connectivity index (χ2n) is 12.0. The summed E-state index contributed by atoms with van der Waals surface area (Å²) in [6.45, 7) is 2.12. The Hall–Kier alpha value is -0.130. The van der Waals surface area contributed by atoms with Crippen molar-refractivity contribution >= 4 is 355 Å². The van der Waals surface area contributed by atoms with Crippen LogP contribution >= 0.6 is 259 Å². The highest BCUT2D eigenvalue weighted by molar-refractivity contribution is 14.1. The van der Waals surface area contributed by atoms with Gasteiger partial charge in [-0.2, -0.15) is 0 Å². The number of carboxylic acids is 4. The number of amides is 2. The summed E-state index contributed by atoms with van der Waals surface area (Å²) < 4.78 is 24.8. The molecule has 0 atom stereocenters. The topological polar surface area (TPSA) is 381 Å². The van der Waals surface area contributed by atoms with Crippen molar-refractivity contribution in [3.05, 3.63) is 65.5 Å². The number of nitrogens with two attached hydrogens (primary N) is 1. The number of carbonyl (C=O) groups is 12. The summed E-state index contributed by atoms with van der Waals surface area (Å²) in [6.07, 6.45) is 0. The summed E-state index contributed by atoms with van der Waals surface area (Å²) >= 11 is 31.8. The maximum atomic E-state index is 11.8. The van der Waals surface area contributed by atoms with Gasteiger partial charge < -0.3 is 51.0 Å². The minimum Gasteiger partial charge on any atom is -0.478 e. The summed E-state index contributed by atoms with van der Waals surface area (Å²) in [5, 5.41) is 39.2. The van der Waals surface area contributed by atoms with Crippen LogP contribution in [-0.4, -0.2) is 114 Å². The fraction of sp³-hybridized carbons (Fsp3) is 0.167. The Morgan fingerprint density at radius 2 is 0.662 bits per heavy atom. The summed E-state index contributed by atoms with van der Waals surface area (Å²) in [5.41, 5.74) is 5.72. The van der Waals surface area contributed by atoms with Gasteiger partial charge in [-0.3, -0.25) is 38.4 Å². The Balaban J connectivity index is 0. The van der Waals surface area contributed by atoms with Gasteiger partial charge in [0, 0.05) is 52.8 Å². The second kappa shape index (κ2) is 37.0. The number of nitrogen functional groups attached to an aromatic ring is 1. The van der Waals surface area contributed by atoms with Gasteiger partial charge in [0.25, 0.3) is 27.5 Å². The van der Waals surface area contributed by atoms with Gasteiger partial charge in [0.15, 0.2) is 19.8 Å². The molecular weight excluding hydrogens is 2150 g/mol. The lowest BCUT2D eigenvalue weighted by atomic mass is 10.1. The molecule has 0 bridgehead atoms. The molecule has 0 spiro atoms. The van der Waals surface area contributed by atoms with Gasteiger partial charge in [-0.05, 0) is 238 Å². The van der Waals surface area contributed by atoms with Gasteiger partial charge in [0.05, 0.1) is 71.9 Å². The average Bonchev–Trinajstić information content (AvgIpc) is 3.23. The molecule has 23 nitrogen and oxygen atoms in total. The van der Waals surface area contributed by atoms with Crippen LogP contribution in [0.2, 0.25) is 0 Å². The lowest BCUT2D eigenvalue weighted by Gasteiger charge is -2.16. The van der Waals surface area contributed by atoms with Gasteiger partial charge in [0.1, 0.15) is 0 Å². The SMILES string of the molecule is CC(=O)OCC(=O)Cl.CC(=O)OCC(=O)Nc1c(I)c(C(=O)Cl)c(I)c(C(=O)Cl)c1I.CC(=O)OCC(=O)Nc1c(I)c(C(=O)O)c(I)c(C(=O)O)c1I.Nc1c(I)c(C(=O)O)c(I)c(C(=O)O)c1I.O=S(Cl)Cl. The van der Waals surface area contributed by atoms with E-state index in [1.165, 1.54) is 13.8 Å². The number of aromatic carboxylic acids is 4. The molecule has 74 heavy (non-hydrogen) atoms. The molecule has 0 radical (unpaired) electrons. The predicted molar refractivity (Wildman–Crippen MR) is 344 cm³/mol. The van der Waals surface area contributed by atoms with Crippen molar-refractivity contribution in [3.63, 3.8) is 0 Å². The van der Waals surface area contributed by atoms with E-state index in [0.717, 1.165) is 6.92 Å². The molecule has 406 valence electrons. The molecule has 0 unspecified atom stereocenters. The van der Waals surface area contributed by atoms with Crippen LogP contribution in [0.15, 0.2) is 0 Å². The van der Waals surface area contributed by atoms with E-state index in [4.69, 9.17) is 55.0 Å². The van der Waals surface area contributed by atoms with E-state index in [2.05, 4.69) is 46.2 Å². The van der Waals surface area contributed by atoms with E-state index in [1.807, 2.05) is 45.2 Å². The number of ether oxygens (including phenoxy) is 3. The largest absolute Gasteiger partial charge is 0.478 e. The first-order valence-corrected chi connectivity index (χ1v) is 31.1. The lowest BCUT2D eigenvalue weighted by molar-refractivity contribution is -0.145. The van der Waals surface area contributed by atoms with E-state index in [0.29, 0.717) is 17.9 Å². The number of hydrogen-bond donors (Lipinski definition) is 7. The third kappa shape index (κ3) is 25.5. The highest BCUT2D eigenvalue weighted by atomic mass is 127. The van der Waals surface area contributed by atoms with Crippen molar-refractivity contribution in [1.82, 2.24) is 0 Å². The molecule has 8 N–H and O–H groups in total. The van der Waals surface area contributed by atoms with Gasteiger partial charge in [-0.15, -0.1) is 0 Å². The molecule has 0 fully saturated rings. The lowest BCUT2D eigenvalue weighted by Crippen LogP contribution is -2.23. The number of halogens is 14. The Kier molecular flexibility index (Phi) is 38.0. The number of nitrogens with one attached hydrogen (secondary N) is 2. The standard InChI is InChI=1S/C12H6Cl2I3NO5.C12H8I3NO7.C8H4I3NO4.C4H5ClO3.Cl2OS/c1-3(19)23-2-4(20)18-10-8(16)5(11(13)21)7(15)6(9(10)17)12(14)22;1-3(17)23-2-4(18)16-10-8(14)5(11(19)20)7(13)6(9(10)15)12(21)22;9-3-1(7(13)14)4(10)6(12)5(11)2(3)8(15)16;1-3(6)8-2-4(5)7;1-4(2)3/h2H2,1H3,(H,18,20);2H2,1H3,(H,16,18)(H,19,20)(H,21,22);12H2,(H,13,14)(H,15,16);2H2,1H3;. The zero-order valence-corrected chi connectivity index (χ0v) is 59.7. The first-order valence-electron chi connectivity index (χ1n) is 17.4. The highest BCUT2D eigenvalue weighted by Crippen LogP contribution is 2.38. The molecule has 0 aliphatic carbocycles. The fourth-order valence-electron chi connectivity index (χ4n) is 4.17. The van der Waals surface area contributed by atoms with Crippen LogP contribution in [0.25, 0.3) is 0 Å². The Bertz CT molecular complexity index is 2580. The zero-order chi connectivity index (χ0) is 58.6. The van der Waals surface area contributed by atoms with Gasteiger partial charge in [-0.1, -0.05) is 0 Å². The van der Waals surface area contributed by atoms with Crippen LogP contribution in [0.4, 0.5) is 17.1 Å². The molecule has 0 aliphatic heterocycles. The molecule has 3 aromatic carbocycles. The molecule has 38 heteroatoms. The van der Waals surface area contributed by atoms with E-state index in [-0.39, 0.29) is 71.3 Å². The Morgan fingerprint density at radius 1 is 0.446 bits per heavy atom. The first kappa shape index (κ1) is 75.9. The third-order valence-electron chi connectivity index (χ3n) is 6.96. The summed E-state index contributed by atoms with van der Waals surface area (Å²) in [5.74, 6) is -8.08. The molecule has 0 saturated heterocycles. The summed E-state index contributed by atoms with van der Waals surface area (Å²) in [7, 11) is 7.36. The number of carboxylic acid groups (broad SMARTS) is 4. The molecule has 0 aliphatic rings. The van der Waals surface area contributed by atoms with Crippen LogP contribution < -0.4 is 16.4 Å². The zero-order valence-electron chi connectivity index (χ0n) is 35.7. The molecule has 2 amide bonds. The number of hydrogen-bond acceptors (Lipinski definition) is 17. The van der Waals surface area contributed by atoms with Crippen LogP contribution in [0.3, 0.4) is 0 Å². The van der Waals surface area contributed by atoms with E-state index in [1.54, 1.807) is 158 Å². The minimum absolute atomic E-state index is 0.0542. The van der Waals surface area contributed by atoms with Crippen LogP contribution in [-0.2, 0) is 52.2 Å². The predicted octanol–water partition coefficient (Wildman–Crippen LogP) is 10.00. The molecule has 3 rings (SSSR count). The van der Waals surface area contributed by atoms with Gasteiger partial charge in [0.2, 0.25) is 9.23 Å². The second-order valence-corrected chi connectivity index (χ2v) is 25.3. The molecular formula is C36H23Cl5I9N3O20S. The maximum Gasteiger partial charge on any atom is 0.337 e. The monoisotopic (exact) mass is 2170 g/mol. The number of rotatable bonds is 14. The van der Waals surface area contributed by atoms with E-state index >= 15 is 0 Å². The summed E-state index contributed by atoms with van der Waals surface area (Å²) in [6, 6.07) is 0. The van der Waals surface area contributed by atoms with Gasteiger partial charge >= 0.3 is 41.8 Å². The van der Waals surface area contributed by atoms with Gasteiger partial charge in [-0.25, -0.2) is 23.4 Å². The Morgan fingerprint density at radius 3 is 0.865 bits per heavy atom. The van der Waals surface area contributed by atoms with Crippen molar-refractivity contribution in [3.8, 4) is 0 Å². The van der Waals surface area contributed by atoms with Crippen LogP contribution in [0.5, 0.6) is 0 Å². The van der Waals surface area contributed by atoms with Crippen molar-refractivity contribution < 1.29 is 96.4 Å². The smallest absolute Gasteiger partial charge is 0.337 e. The highest BCUT2D eigenvalue weighted by Gasteiger charge is 2.30. The van der Waals surface area contributed by atoms with E-state index < -0.39 is 91.8 Å². The van der Waals surface area contributed by atoms with Crippen molar-refractivity contribution in [2.75, 3.05) is 36.2 Å². The number of esters is 3. The molecule has 0 heterocycles. The van der Waals surface area contributed by atoms with Crippen molar-refractivity contribution in [1.29, 1.82) is 0 Å². The van der Waals surface area contributed by atoms with Crippen LogP contribution in [0.1, 0.15) is 82.9 Å². The number of benzene rings is 3. The van der Waals surface area contributed by atoms with Crippen molar-refractivity contribution in [2.45, 2.75) is 20.8 Å². The molecule has 3 aromatic rings. The fourth-order valence-corrected chi connectivity index (χ4v) is 18.1. The Labute approximate surface area is 564 Å².